The fourth-order valence-electron chi connectivity index (χ4n) is 3.14. The van der Waals surface area contributed by atoms with E-state index in [4.69, 9.17) is 9.47 Å². The summed E-state index contributed by atoms with van der Waals surface area (Å²) < 4.78 is 42.0. The van der Waals surface area contributed by atoms with E-state index in [1.165, 1.54) is 6.92 Å². The molecule has 5 heteroatoms. The molecule has 4 rings (SSSR count). The number of fused-ring (bicyclic) bond motifs is 4. The third-order valence-corrected chi connectivity index (χ3v) is 4.25. The van der Waals surface area contributed by atoms with Crippen LogP contribution in [0.15, 0.2) is 66.7 Å². The normalized spacial score (nSPS) is 27.3. The van der Waals surface area contributed by atoms with E-state index in [0.29, 0.717) is 17.0 Å². The molecule has 0 aliphatic carbocycles. The van der Waals surface area contributed by atoms with Crippen molar-refractivity contribution in [3.05, 3.63) is 72.3 Å². The van der Waals surface area contributed by atoms with Crippen LogP contribution in [0.5, 0.6) is 5.75 Å². The molecule has 0 amide bonds. The summed E-state index contributed by atoms with van der Waals surface area (Å²) in [5.41, 5.74) is 1.07. The molecule has 0 aromatic heterocycles. The number of nitrogens with zero attached hydrogens (tertiary/aromatic N) is 1. The minimum atomic E-state index is -3.40. The van der Waals surface area contributed by atoms with Gasteiger partial charge >= 0.3 is 11.8 Å². The Labute approximate surface area is 132 Å². The van der Waals surface area contributed by atoms with Gasteiger partial charge in [0.15, 0.2) is 6.23 Å². The van der Waals surface area contributed by atoms with Crippen LogP contribution in [-0.2, 0) is 4.74 Å². The number of anilines is 1. The zero-order chi connectivity index (χ0) is 16.2. The molecule has 2 aromatic rings. The van der Waals surface area contributed by atoms with Gasteiger partial charge < -0.3 is 9.47 Å². The van der Waals surface area contributed by atoms with Gasteiger partial charge in [-0.2, -0.15) is 8.78 Å². The predicted molar refractivity (Wildman–Crippen MR) is 82.3 cm³/mol. The quantitative estimate of drug-likeness (QED) is 0.602. The van der Waals surface area contributed by atoms with E-state index in [-0.39, 0.29) is 5.57 Å². The van der Waals surface area contributed by atoms with Crippen molar-refractivity contribution >= 4 is 5.69 Å². The fraction of sp³-hybridized carbons (Fsp3) is 0.222. The Bertz CT molecular complexity index is 778. The van der Waals surface area contributed by atoms with Crippen LogP contribution in [-0.4, -0.2) is 11.8 Å². The number of hydrogen-bond donors (Lipinski definition) is 0. The lowest BCUT2D eigenvalue weighted by molar-refractivity contribution is -0.246. The van der Waals surface area contributed by atoms with Crippen molar-refractivity contribution in [2.24, 2.45) is 0 Å². The highest BCUT2D eigenvalue weighted by Gasteiger charge is 2.73. The predicted octanol–water partition coefficient (Wildman–Crippen LogP) is 4.48. The van der Waals surface area contributed by atoms with E-state index < -0.39 is 18.1 Å². The van der Waals surface area contributed by atoms with Gasteiger partial charge in [-0.1, -0.05) is 43.0 Å². The minimum Gasteiger partial charge on any atom is -0.450 e. The Balaban J connectivity index is 1.96. The van der Waals surface area contributed by atoms with Crippen molar-refractivity contribution in [2.75, 3.05) is 4.90 Å². The number of rotatable bonds is 2. The first-order valence-corrected chi connectivity index (χ1v) is 7.31. The largest absolute Gasteiger partial charge is 0.450 e. The molecule has 1 fully saturated rings. The highest BCUT2D eigenvalue weighted by atomic mass is 19.3. The lowest BCUT2D eigenvalue weighted by Crippen LogP contribution is -2.56. The average molecular weight is 315 g/mol. The number of benzene rings is 2. The van der Waals surface area contributed by atoms with Crippen molar-refractivity contribution in [2.45, 2.75) is 25.0 Å². The molecule has 3 nitrogen and oxygen atoms in total. The second-order valence-electron chi connectivity index (χ2n) is 5.75. The van der Waals surface area contributed by atoms with Gasteiger partial charge in [-0.25, -0.2) is 0 Å². The summed E-state index contributed by atoms with van der Waals surface area (Å²) in [5.74, 6) is -1.80. The summed E-state index contributed by atoms with van der Waals surface area (Å²) in [6, 6.07) is 12.0. The second kappa shape index (κ2) is 4.55. The van der Waals surface area contributed by atoms with Gasteiger partial charge in [-0.3, -0.25) is 4.90 Å². The average Bonchev–Trinajstić information content (AvgIpc) is 2.73. The van der Waals surface area contributed by atoms with Gasteiger partial charge in [0.2, 0.25) is 0 Å². The van der Waals surface area contributed by atoms with Crippen molar-refractivity contribution in [1.82, 2.24) is 0 Å². The van der Waals surface area contributed by atoms with E-state index in [1.54, 1.807) is 54.6 Å². The molecule has 0 spiro atoms. The maximum atomic E-state index is 15.3. The molecule has 23 heavy (non-hydrogen) atoms. The monoisotopic (exact) mass is 315 g/mol. The number of alkyl halides is 2. The van der Waals surface area contributed by atoms with Crippen molar-refractivity contribution < 1.29 is 18.3 Å². The summed E-state index contributed by atoms with van der Waals surface area (Å²) in [5, 5.41) is 0. The molecule has 0 saturated carbocycles. The Hall–Kier alpha value is -2.40. The maximum Gasteiger partial charge on any atom is 0.397 e. The highest BCUT2D eigenvalue weighted by molar-refractivity contribution is 5.56. The fourth-order valence-corrected chi connectivity index (χ4v) is 3.14. The van der Waals surface area contributed by atoms with Gasteiger partial charge in [0, 0.05) is 11.3 Å². The number of hydrogen-bond acceptors (Lipinski definition) is 3. The molecule has 2 aliphatic heterocycles. The van der Waals surface area contributed by atoms with Crippen LogP contribution in [0.4, 0.5) is 14.5 Å². The van der Waals surface area contributed by atoms with E-state index in [9.17, 15) is 0 Å². The first kappa shape index (κ1) is 14.2. The van der Waals surface area contributed by atoms with Crippen LogP contribution in [0.3, 0.4) is 0 Å². The maximum absolute atomic E-state index is 15.3. The van der Waals surface area contributed by atoms with Crippen LogP contribution in [0.25, 0.3) is 0 Å². The van der Waals surface area contributed by atoms with Crippen LogP contribution in [0, 0.1) is 0 Å². The van der Waals surface area contributed by atoms with Gasteiger partial charge in [0.1, 0.15) is 5.75 Å². The number of halogens is 2. The summed E-state index contributed by atoms with van der Waals surface area (Å²) >= 11 is 0. The van der Waals surface area contributed by atoms with Crippen LogP contribution in [0.2, 0.25) is 0 Å². The Morgan fingerprint density at radius 2 is 1.74 bits per heavy atom. The van der Waals surface area contributed by atoms with Gasteiger partial charge in [0.25, 0.3) is 0 Å². The molecule has 0 N–H and O–H groups in total. The molecule has 2 aromatic carbocycles. The summed E-state index contributed by atoms with van der Waals surface area (Å²) in [6.45, 7) is 5.18. The molecule has 2 atom stereocenters. The van der Waals surface area contributed by atoms with Gasteiger partial charge in [-0.05, 0) is 30.7 Å². The standard InChI is InChI=1S/C18H15F2NO2/c1-12(2)17-18(19,20)21(13-8-4-3-5-9-13)16(23-17)14-10-6-7-11-15(14)22-17/h3-11,16H,1H2,2H3/t16-,17-/m0/s1. The van der Waals surface area contributed by atoms with Crippen molar-refractivity contribution in [3.8, 4) is 5.75 Å². The number of ether oxygens (including phenoxy) is 2. The Kier molecular flexibility index (Phi) is 2.81. The van der Waals surface area contributed by atoms with Crippen molar-refractivity contribution in [1.29, 1.82) is 0 Å². The molecule has 2 heterocycles. The van der Waals surface area contributed by atoms with E-state index in [1.807, 2.05) is 0 Å². The van der Waals surface area contributed by atoms with Crippen LogP contribution in [0.1, 0.15) is 18.7 Å². The summed E-state index contributed by atoms with van der Waals surface area (Å²) in [4.78, 5) is 0.966. The molecule has 1 saturated heterocycles. The molecule has 0 unspecified atom stereocenters. The minimum absolute atomic E-state index is 0.125. The summed E-state index contributed by atoms with van der Waals surface area (Å²) in [6.07, 6.45) is -0.936. The third kappa shape index (κ3) is 1.71. The van der Waals surface area contributed by atoms with E-state index >= 15 is 8.78 Å². The molecule has 2 aliphatic rings. The molecular formula is C18H15F2NO2. The smallest absolute Gasteiger partial charge is 0.397 e. The topological polar surface area (TPSA) is 21.7 Å². The molecule has 118 valence electrons. The van der Waals surface area contributed by atoms with E-state index in [2.05, 4.69) is 6.58 Å². The van der Waals surface area contributed by atoms with Crippen LogP contribution < -0.4 is 9.64 Å². The third-order valence-electron chi connectivity index (χ3n) is 4.25. The van der Waals surface area contributed by atoms with Gasteiger partial charge in [0.05, 0.1) is 0 Å². The Morgan fingerprint density at radius 3 is 2.43 bits per heavy atom. The molecular weight excluding hydrogens is 300 g/mol. The van der Waals surface area contributed by atoms with Crippen molar-refractivity contribution in [3.63, 3.8) is 0 Å². The lowest BCUT2D eigenvalue weighted by Gasteiger charge is -2.36. The zero-order valence-corrected chi connectivity index (χ0v) is 12.5. The molecule has 0 radical (unpaired) electrons. The zero-order valence-electron chi connectivity index (χ0n) is 12.5. The lowest BCUT2D eigenvalue weighted by atomic mass is 10.1. The highest BCUT2D eigenvalue weighted by Crippen LogP contribution is 2.59. The second-order valence-corrected chi connectivity index (χ2v) is 5.75. The number of para-hydroxylation sites is 2. The first-order valence-electron chi connectivity index (χ1n) is 7.31. The van der Waals surface area contributed by atoms with Crippen LogP contribution >= 0.6 is 0 Å². The SMILES string of the molecule is C=C(C)[C@]12Oc3ccccc3[C@H](O1)N(c1ccccc1)C2(F)F. The van der Waals surface area contributed by atoms with Gasteiger partial charge in [-0.15, -0.1) is 0 Å². The molecule has 2 bridgehead atoms. The first-order chi connectivity index (χ1) is 11.0. The summed E-state index contributed by atoms with van der Waals surface area (Å²) in [7, 11) is 0. The van der Waals surface area contributed by atoms with E-state index in [0.717, 1.165) is 4.90 Å². The Morgan fingerprint density at radius 1 is 1.09 bits per heavy atom.